The van der Waals surface area contributed by atoms with E-state index in [0.29, 0.717) is 43.1 Å². The second-order valence-corrected chi connectivity index (χ2v) is 9.29. The molecule has 0 N–H and O–H groups in total. The molecule has 2 aliphatic rings. The molecule has 15 heteroatoms. The molecule has 0 saturated carbocycles. The molecule has 0 amide bonds. The highest BCUT2D eigenvalue weighted by atomic mass is 19.3. The molecule has 0 aliphatic carbocycles. The summed E-state index contributed by atoms with van der Waals surface area (Å²) in [6.45, 7) is 2.68. The zero-order valence-electron chi connectivity index (χ0n) is 19.9. The van der Waals surface area contributed by atoms with Crippen molar-refractivity contribution in [1.29, 1.82) is 0 Å². The number of halogens is 2. The first kappa shape index (κ1) is 25.5. The Morgan fingerprint density at radius 1 is 1.00 bits per heavy atom. The lowest BCUT2D eigenvalue weighted by molar-refractivity contribution is 0.0603. The molecule has 3 aromatic rings. The Bertz CT molecular complexity index is 1430. The van der Waals surface area contributed by atoms with Crippen LogP contribution in [0.25, 0.3) is 5.65 Å². The van der Waals surface area contributed by atoms with Crippen LogP contribution in [0.2, 0.25) is 0 Å². The molecule has 1 aromatic carbocycles. The summed E-state index contributed by atoms with van der Waals surface area (Å²) in [5, 5.41) is 0.453. The van der Waals surface area contributed by atoms with E-state index in [0.717, 1.165) is 10.6 Å². The fourth-order valence-electron chi connectivity index (χ4n) is 4.24. The molecule has 10 radical (unpaired) electrons. The minimum atomic E-state index is -2.85. The van der Waals surface area contributed by atoms with Crippen molar-refractivity contribution in [2.75, 3.05) is 18.0 Å². The molecule has 2 aliphatic heterocycles. The van der Waals surface area contributed by atoms with Crippen molar-refractivity contribution in [3.63, 3.8) is 0 Å². The van der Waals surface area contributed by atoms with Gasteiger partial charge in [-0.05, 0) is 43.5 Å². The van der Waals surface area contributed by atoms with Gasteiger partial charge in [0.2, 0.25) is 0 Å². The number of aryl methyl sites for hydroxylation is 1. The minimum absolute atomic E-state index is 0.0525. The largest absolute Gasteiger partial charge is 0.501 e. The highest BCUT2D eigenvalue weighted by molar-refractivity contribution is 6.53. The molecular weight excluding hydrogens is 476 g/mol. The molecule has 37 heavy (non-hydrogen) atoms. The summed E-state index contributed by atoms with van der Waals surface area (Å²) in [6, 6.07) is 7.05. The second-order valence-electron chi connectivity index (χ2n) is 9.29. The minimum Gasteiger partial charge on any atom is -0.501 e. The number of fused-ring (bicyclic) bond motifs is 2. The Morgan fingerprint density at radius 3 is 2.30 bits per heavy atom. The van der Waals surface area contributed by atoms with Crippen molar-refractivity contribution in [2.45, 2.75) is 42.5 Å². The number of benzene rings is 1. The van der Waals surface area contributed by atoms with Crippen molar-refractivity contribution >= 4 is 50.7 Å². The number of ether oxygens (including phenoxy) is 3. The van der Waals surface area contributed by atoms with Crippen LogP contribution in [0.5, 0.6) is 17.2 Å². The lowest BCUT2D eigenvalue weighted by Crippen LogP contribution is -2.65. The third-order valence-corrected chi connectivity index (χ3v) is 6.37. The predicted octanol–water partition coefficient (Wildman–Crippen LogP) is 0.632. The van der Waals surface area contributed by atoms with Crippen LogP contribution in [0.15, 0.2) is 35.1 Å². The standard InChI is InChI=1S/C22H17B5F2N4O4/c1-11-8-16-30-13(18(28)29)10-17(34)33(16)31-19(11)32-6-4-20(23,5-7-32)35-12-2-3-14-15(9-12)37-22(26,27)21(24,25)36-14/h2-3,8-10,18H,4-7H2,1H3. The average molecular weight is 493 g/mol. The Morgan fingerprint density at radius 2 is 1.65 bits per heavy atom. The molecule has 2 aromatic heterocycles. The summed E-state index contributed by atoms with van der Waals surface area (Å²) < 4.78 is 44.1. The van der Waals surface area contributed by atoms with Crippen LogP contribution in [0.1, 0.15) is 30.5 Å². The van der Waals surface area contributed by atoms with Gasteiger partial charge in [-0.15, -0.1) is 5.10 Å². The lowest BCUT2D eigenvalue weighted by Gasteiger charge is -2.48. The molecule has 4 heterocycles. The Hall–Kier alpha value is -3.11. The van der Waals surface area contributed by atoms with Crippen molar-refractivity contribution in [1.82, 2.24) is 14.6 Å². The number of hydrogen-bond donors (Lipinski definition) is 0. The number of alkyl halides is 2. The maximum absolute atomic E-state index is 13.0. The SMILES string of the molecule is [B]C1(Oc2ccc3c(c2)OC([B])([B])C([B])([B])O3)CCN(c2nn3c(=O)cc(C(F)F)nc3cc2C)CC1. The van der Waals surface area contributed by atoms with E-state index in [4.69, 9.17) is 53.4 Å². The van der Waals surface area contributed by atoms with Gasteiger partial charge in [-0.25, -0.2) is 13.8 Å². The fourth-order valence-corrected chi connectivity index (χ4v) is 4.24. The van der Waals surface area contributed by atoms with Crippen molar-refractivity contribution < 1.29 is 23.0 Å². The van der Waals surface area contributed by atoms with E-state index >= 15 is 0 Å². The first-order valence-electron chi connectivity index (χ1n) is 11.4. The van der Waals surface area contributed by atoms with Crippen LogP contribution in [0, 0.1) is 6.92 Å². The topological polar surface area (TPSA) is 78.2 Å². The first-order valence-corrected chi connectivity index (χ1v) is 11.4. The summed E-state index contributed by atoms with van der Waals surface area (Å²) in [7, 11) is 29.7. The summed E-state index contributed by atoms with van der Waals surface area (Å²) in [4.78, 5) is 18.1. The zero-order valence-corrected chi connectivity index (χ0v) is 19.9. The van der Waals surface area contributed by atoms with Crippen LogP contribution >= 0.6 is 0 Å². The van der Waals surface area contributed by atoms with Gasteiger partial charge in [0.1, 0.15) is 50.7 Å². The molecule has 0 atom stereocenters. The number of anilines is 1. The third-order valence-electron chi connectivity index (χ3n) is 6.37. The molecule has 5 rings (SSSR count). The number of piperidine rings is 1. The summed E-state index contributed by atoms with van der Waals surface area (Å²) in [5.41, 5.74) is -1.57. The van der Waals surface area contributed by atoms with E-state index in [1.54, 1.807) is 25.1 Å². The molecule has 0 bridgehead atoms. The van der Waals surface area contributed by atoms with E-state index in [1.165, 1.54) is 6.07 Å². The van der Waals surface area contributed by atoms with Crippen LogP contribution < -0.4 is 24.7 Å². The lowest BCUT2D eigenvalue weighted by atomic mass is 9.41. The van der Waals surface area contributed by atoms with Crippen LogP contribution in [0.3, 0.4) is 0 Å². The maximum Gasteiger partial charge on any atom is 0.280 e. The summed E-state index contributed by atoms with van der Waals surface area (Å²) >= 11 is 0. The van der Waals surface area contributed by atoms with Crippen molar-refractivity contribution in [3.8, 4) is 17.2 Å². The van der Waals surface area contributed by atoms with E-state index in [-0.39, 0.29) is 17.1 Å². The van der Waals surface area contributed by atoms with E-state index in [9.17, 15) is 13.6 Å². The second kappa shape index (κ2) is 8.73. The third kappa shape index (κ3) is 4.68. The van der Waals surface area contributed by atoms with Crippen molar-refractivity contribution in [3.05, 3.63) is 51.9 Å². The highest BCUT2D eigenvalue weighted by Gasteiger charge is 2.43. The Kier molecular flexibility index (Phi) is 6.03. The van der Waals surface area contributed by atoms with Gasteiger partial charge in [-0.1, -0.05) is 0 Å². The predicted molar refractivity (Wildman–Crippen MR) is 136 cm³/mol. The zero-order chi connectivity index (χ0) is 26.8. The number of aromatic nitrogens is 3. The van der Waals surface area contributed by atoms with E-state index in [1.807, 2.05) is 4.90 Å². The molecule has 0 unspecified atom stereocenters. The smallest absolute Gasteiger partial charge is 0.280 e. The van der Waals surface area contributed by atoms with Crippen molar-refractivity contribution in [2.24, 2.45) is 0 Å². The monoisotopic (exact) mass is 494 g/mol. The van der Waals surface area contributed by atoms with Gasteiger partial charge < -0.3 is 19.1 Å². The Labute approximate surface area is 218 Å². The van der Waals surface area contributed by atoms with Gasteiger partial charge in [0.25, 0.3) is 12.0 Å². The molecule has 178 valence electrons. The van der Waals surface area contributed by atoms with Crippen LogP contribution in [0.4, 0.5) is 14.6 Å². The quantitative estimate of drug-likeness (QED) is 0.494. The summed E-state index contributed by atoms with van der Waals surface area (Å²) in [6.07, 6.45) is -2.04. The number of hydrogen-bond acceptors (Lipinski definition) is 7. The average Bonchev–Trinajstić information content (AvgIpc) is 2.80. The molecule has 1 saturated heterocycles. The van der Waals surface area contributed by atoms with Crippen LogP contribution in [-0.2, 0) is 0 Å². The maximum atomic E-state index is 13.0. The molecule has 8 nitrogen and oxygen atoms in total. The van der Waals surface area contributed by atoms with E-state index < -0.39 is 34.0 Å². The van der Waals surface area contributed by atoms with Gasteiger partial charge in [0.05, 0.1) is 5.50 Å². The van der Waals surface area contributed by atoms with Gasteiger partial charge in [0, 0.05) is 36.0 Å². The first-order chi connectivity index (χ1) is 17.3. The fraction of sp³-hybridized carbons (Fsp3) is 0.409. The van der Waals surface area contributed by atoms with Gasteiger partial charge in [-0.2, -0.15) is 4.52 Å². The highest BCUT2D eigenvalue weighted by Crippen LogP contribution is 2.42. The Balaban J connectivity index is 1.32. The molecular formula is C22H17B5F2N4O4. The van der Waals surface area contributed by atoms with Gasteiger partial charge >= 0.3 is 0 Å². The normalized spacial score (nSPS) is 19.6. The van der Waals surface area contributed by atoms with Gasteiger partial charge in [-0.3, -0.25) is 4.79 Å². The molecule has 1 fully saturated rings. The number of nitrogens with zero attached hydrogens (tertiary/aromatic N) is 4. The number of rotatable bonds is 4. The van der Waals surface area contributed by atoms with E-state index in [2.05, 4.69) is 10.1 Å². The molecule has 0 spiro atoms. The summed E-state index contributed by atoms with van der Waals surface area (Å²) in [5.74, 6) is 1.35. The van der Waals surface area contributed by atoms with Crippen LogP contribution in [-0.4, -0.2) is 83.2 Å². The van der Waals surface area contributed by atoms with Gasteiger partial charge in [0.15, 0.2) is 23.0 Å².